The molecule has 0 spiro atoms. The van der Waals surface area contributed by atoms with Crippen LogP contribution in [0.1, 0.15) is 33.6 Å². The first-order chi connectivity index (χ1) is 6.46. The van der Waals surface area contributed by atoms with E-state index in [0.29, 0.717) is 0 Å². The second kappa shape index (κ2) is 9.31. The average molecular weight is 227 g/mol. The van der Waals surface area contributed by atoms with Gasteiger partial charge in [-0.2, -0.15) is 0 Å². The summed E-state index contributed by atoms with van der Waals surface area (Å²) in [5, 5.41) is 0. The molecule has 0 aliphatic carbocycles. The van der Waals surface area contributed by atoms with E-state index in [9.17, 15) is 18.6 Å². The standard InChI is InChI=1S/C4H8FO4P.C4H10/c1-2-9-10(7,8)4(6)3-5;1-3-4-2/h2-3H2,1H3,(H,7,8);3-4H2,1-2H3/p-1. The minimum atomic E-state index is -4.55. The van der Waals surface area contributed by atoms with Crippen LogP contribution in [0.3, 0.4) is 0 Å². The molecule has 0 saturated heterocycles. The van der Waals surface area contributed by atoms with Crippen LogP contribution in [0.25, 0.3) is 0 Å². The highest BCUT2D eigenvalue weighted by Gasteiger charge is 2.18. The summed E-state index contributed by atoms with van der Waals surface area (Å²) in [5.41, 5.74) is -1.51. The van der Waals surface area contributed by atoms with Gasteiger partial charge < -0.3 is 14.0 Å². The largest absolute Gasteiger partial charge is 0.773 e. The Morgan fingerprint density at radius 1 is 1.36 bits per heavy atom. The van der Waals surface area contributed by atoms with Gasteiger partial charge in [0.15, 0.2) is 6.67 Å². The third-order valence-corrected chi connectivity index (χ3v) is 2.55. The third-order valence-electron chi connectivity index (χ3n) is 1.22. The fraction of sp³-hybridized carbons (Fsp3) is 0.875. The van der Waals surface area contributed by atoms with Crippen molar-refractivity contribution in [2.45, 2.75) is 33.6 Å². The molecular formula is C8H17FO4P-. The Kier molecular flexibility index (Phi) is 10.8. The summed E-state index contributed by atoms with van der Waals surface area (Å²) in [4.78, 5) is 20.5. The summed E-state index contributed by atoms with van der Waals surface area (Å²) in [6, 6.07) is 0. The Morgan fingerprint density at radius 2 is 1.79 bits per heavy atom. The third kappa shape index (κ3) is 8.35. The second-order valence-electron chi connectivity index (χ2n) is 2.44. The molecule has 1 atom stereocenters. The van der Waals surface area contributed by atoms with E-state index in [1.807, 2.05) is 0 Å². The number of alkyl halides is 1. The minimum absolute atomic E-state index is 0.146. The molecule has 14 heavy (non-hydrogen) atoms. The van der Waals surface area contributed by atoms with Crippen LogP contribution < -0.4 is 4.89 Å². The zero-order chi connectivity index (χ0) is 11.6. The van der Waals surface area contributed by atoms with E-state index in [-0.39, 0.29) is 6.61 Å². The Hall–Kier alpha value is -0.250. The van der Waals surface area contributed by atoms with Gasteiger partial charge in [0.05, 0.1) is 6.61 Å². The van der Waals surface area contributed by atoms with Gasteiger partial charge in [0.1, 0.15) is 0 Å². The van der Waals surface area contributed by atoms with Crippen molar-refractivity contribution in [3.05, 3.63) is 0 Å². The number of carbonyl (C=O) groups is 1. The number of carbonyl (C=O) groups excluding carboxylic acids is 1. The molecule has 0 bridgehead atoms. The van der Waals surface area contributed by atoms with Crippen molar-refractivity contribution in [2.24, 2.45) is 0 Å². The molecule has 0 aliphatic heterocycles. The van der Waals surface area contributed by atoms with Crippen LogP contribution in [0, 0.1) is 0 Å². The smallest absolute Gasteiger partial charge is 0.234 e. The maximum atomic E-state index is 11.4. The molecule has 0 aromatic carbocycles. The van der Waals surface area contributed by atoms with Gasteiger partial charge >= 0.3 is 0 Å². The van der Waals surface area contributed by atoms with Gasteiger partial charge in [-0.25, -0.2) is 4.39 Å². The van der Waals surface area contributed by atoms with Gasteiger partial charge in [0.2, 0.25) is 13.1 Å². The zero-order valence-corrected chi connectivity index (χ0v) is 9.68. The van der Waals surface area contributed by atoms with E-state index in [1.165, 1.54) is 19.8 Å². The van der Waals surface area contributed by atoms with E-state index in [1.54, 1.807) is 0 Å². The molecule has 1 unspecified atom stereocenters. The molecule has 0 aliphatic rings. The van der Waals surface area contributed by atoms with Gasteiger partial charge in [0, 0.05) is 0 Å². The van der Waals surface area contributed by atoms with Crippen LogP contribution >= 0.6 is 7.60 Å². The first-order valence-corrected chi connectivity index (χ1v) is 6.05. The van der Waals surface area contributed by atoms with Crippen LogP contribution in [0.2, 0.25) is 0 Å². The van der Waals surface area contributed by atoms with Gasteiger partial charge in [-0.1, -0.05) is 26.7 Å². The molecule has 0 saturated carbocycles. The fourth-order valence-corrected chi connectivity index (χ4v) is 0.945. The van der Waals surface area contributed by atoms with Crippen molar-refractivity contribution in [2.75, 3.05) is 13.3 Å². The lowest BCUT2D eigenvalue weighted by Crippen LogP contribution is -2.15. The number of halogens is 1. The van der Waals surface area contributed by atoms with Crippen molar-refractivity contribution in [3.8, 4) is 0 Å². The van der Waals surface area contributed by atoms with Crippen LogP contribution in [0.15, 0.2) is 0 Å². The number of hydrogen-bond donors (Lipinski definition) is 0. The highest BCUT2D eigenvalue weighted by molar-refractivity contribution is 7.69. The molecule has 0 aromatic heterocycles. The van der Waals surface area contributed by atoms with E-state index in [0.717, 1.165) is 0 Å². The van der Waals surface area contributed by atoms with Crippen molar-refractivity contribution in [1.29, 1.82) is 0 Å². The first kappa shape index (κ1) is 16.2. The predicted octanol–water partition coefficient (Wildman–Crippen LogP) is 1.88. The molecule has 0 rings (SSSR count). The van der Waals surface area contributed by atoms with Crippen LogP contribution in [0.5, 0.6) is 0 Å². The average Bonchev–Trinajstić information content (AvgIpc) is 2.17. The molecule has 0 fully saturated rings. The molecule has 6 heteroatoms. The van der Waals surface area contributed by atoms with E-state index < -0.39 is 19.8 Å². The Labute approximate surface area is 84.0 Å². The molecule has 0 amide bonds. The maximum Gasteiger partial charge on any atom is 0.234 e. The summed E-state index contributed by atoms with van der Waals surface area (Å²) >= 11 is 0. The molecule has 0 N–H and O–H groups in total. The summed E-state index contributed by atoms with van der Waals surface area (Å²) in [6.07, 6.45) is 2.64. The molecular weight excluding hydrogens is 210 g/mol. The Bertz CT molecular complexity index is 194. The van der Waals surface area contributed by atoms with Gasteiger partial charge in [-0.3, -0.25) is 4.79 Å². The van der Waals surface area contributed by atoms with E-state index in [2.05, 4.69) is 18.4 Å². The number of rotatable bonds is 5. The molecule has 86 valence electrons. The monoisotopic (exact) mass is 227 g/mol. The number of hydrogen-bond acceptors (Lipinski definition) is 4. The van der Waals surface area contributed by atoms with Crippen LogP contribution in [-0.4, -0.2) is 18.8 Å². The van der Waals surface area contributed by atoms with E-state index in [4.69, 9.17) is 0 Å². The number of unbranched alkanes of at least 4 members (excludes halogenated alkanes) is 1. The molecule has 4 nitrogen and oxygen atoms in total. The predicted molar refractivity (Wildman–Crippen MR) is 50.8 cm³/mol. The fourth-order valence-electron chi connectivity index (χ4n) is 0.315. The topological polar surface area (TPSA) is 66.4 Å². The molecule has 0 heterocycles. The van der Waals surface area contributed by atoms with Gasteiger partial charge in [-0.05, 0) is 6.92 Å². The highest BCUT2D eigenvalue weighted by Crippen LogP contribution is 2.37. The van der Waals surface area contributed by atoms with Gasteiger partial charge in [0.25, 0.3) is 0 Å². The SMILES string of the molecule is CCCC.CCOP(=O)([O-])C(=O)CF. The lowest BCUT2D eigenvalue weighted by atomic mass is 10.4. The normalized spacial score (nSPS) is 13.8. The van der Waals surface area contributed by atoms with Crippen LogP contribution in [0.4, 0.5) is 4.39 Å². The highest BCUT2D eigenvalue weighted by atomic mass is 31.2. The van der Waals surface area contributed by atoms with Crippen molar-refractivity contribution >= 4 is 13.1 Å². The lowest BCUT2D eigenvalue weighted by molar-refractivity contribution is -0.200. The second-order valence-corrected chi connectivity index (χ2v) is 4.19. The summed E-state index contributed by atoms with van der Waals surface area (Å²) < 4.78 is 25.8. The molecule has 0 radical (unpaired) electrons. The Balaban J connectivity index is 0. The van der Waals surface area contributed by atoms with Gasteiger partial charge in [-0.15, -0.1) is 0 Å². The van der Waals surface area contributed by atoms with Crippen molar-refractivity contribution in [1.82, 2.24) is 0 Å². The lowest BCUT2D eigenvalue weighted by Gasteiger charge is -2.18. The maximum absolute atomic E-state index is 11.4. The summed E-state index contributed by atoms with van der Waals surface area (Å²) in [7, 11) is -4.55. The molecule has 0 aromatic rings. The van der Waals surface area contributed by atoms with Crippen molar-refractivity contribution in [3.63, 3.8) is 0 Å². The first-order valence-electron chi connectivity index (χ1n) is 4.51. The Morgan fingerprint density at radius 3 is 2.00 bits per heavy atom. The quantitative estimate of drug-likeness (QED) is 0.672. The summed E-state index contributed by atoms with van der Waals surface area (Å²) in [6.45, 7) is 4.09. The summed E-state index contributed by atoms with van der Waals surface area (Å²) in [5.74, 6) is 0. The van der Waals surface area contributed by atoms with Crippen molar-refractivity contribution < 1.29 is 23.2 Å². The van der Waals surface area contributed by atoms with Crippen LogP contribution in [-0.2, 0) is 13.9 Å². The zero-order valence-electron chi connectivity index (χ0n) is 8.79. The minimum Gasteiger partial charge on any atom is -0.773 e. The van der Waals surface area contributed by atoms with E-state index >= 15 is 0 Å².